The molecule has 1 aromatic heterocycles. The van der Waals surface area contributed by atoms with Crippen molar-refractivity contribution in [2.75, 3.05) is 13.1 Å². The number of sulfonamides is 1. The van der Waals surface area contributed by atoms with E-state index in [0.717, 1.165) is 29.7 Å². The van der Waals surface area contributed by atoms with Gasteiger partial charge in [-0.15, -0.1) is 11.3 Å². The molecule has 19 heavy (non-hydrogen) atoms. The number of rotatable bonds is 4. The Kier molecular flexibility index (Phi) is 4.66. The second-order valence-corrected chi connectivity index (χ2v) is 8.43. The Morgan fingerprint density at radius 3 is 2.53 bits per heavy atom. The molecule has 4 nitrogen and oxygen atoms in total. The normalized spacial score (nSPS) is 18.9. The molecule has 0 spiro atoms. The minimum Gasteiger partial charge on any atom is -0.326 e. The first kappa shape index (κ1) is 15.0. The monoisotopic (exact) mass is 302 g/mol. The van der Waals surface area contributed by atoms with Crippen LogP contribution in [-0.4, -0.2) is 25.8 Å². The van der Waals surface area contributed by atoms with Crippen molar-refractivity contribution in [1.29, 1.82) is 0 Å². The SMILES string of the molecule is CCC1CCN(S(=O)(=O)c2cc(C)c(CN)s2)CC1. The van der Waals surface area contributed by atoms with Gasteiger partial charge in [0, 0.05) is 24.5 Å². The molecule has 0 saturated carbocycles. The molecule has 0 bridgehead atoms. The highest BCUT2D eigenvalue weighted by atomic mass is 32.2. The molecule has 0 aromatic carbocycles. The predicted octanol–water partition coefficient (Wildman–Crippen LogP) is 2.33. The smallest absolute Gasteiger partial charge is 0.252 e. The molecule has 0 amide bonds. The Balaban J connectivity index is 2.18. The third-order valence-corrected chi connectivity index (χ3v) is 7.54. The van der Waals surface area contributed by atoms with Crippen LogP contribution in [0.4, 0.5) is 0 Å². The zero-order valence-electron chi connectivity index (χ0n) is 11.6. The molecule has 0 unspecified atom stereocenters. The molecule has 1 aromatic rings. The lowest BCUT2D eigenvalue weighted by atomic mass is 9.96. The highest BCUT2D eigenvalue weighted by Gasteiger charge is 2.30. The number of piperidine rings is 1. The van der Waals surface area contributed by atoms with Crippen LogP contribution in [0, 0.1) is 12.8 Å². The molecule has 0 radical (unpaired) electrons. The van der Waals surface area contributed by atoms with Crippen molar-refractivity contribution in [3.63, 3.8) is 0 Å². The summed E-state index contributed by atoms with van der Waals surface area (Å²) in [4.78, 5) is 0.960. The third kappa shape index (κ3) is 3.02. The van der Waals surface area contributed by atoms with E-state index >= 15 is 0 Å². The van der Waals surface area contributed by atoms with Gasteiger partial charge < -0.3 is 5.73 Å². The highest BCUT2D eigenvalue weighted by Crippen LogP contribution is 2.31. The van der Waals surface area contributed by atoms with Crippen LogP contribution in [0.5, 0.6) is 0 Å². The Morgan fingerprint density at radius 1 is 1.42 bits per heavy atom. The highest BCUT2D eigenvalue weighted by molar-refractivity contribution is 7.91. The van der Waals surface area contributed by atoms with Gasteiger partial charge >= 0.3 is 0 Å². The first-order valence-electron chi connectivity index (χ1n) is 6.78. The van der Waals surface area contributed by atoms with Gasteiger partial charge in [-0.25, -0.2) is 8.42 Å². The molecule has 1 saturated heterocycles. The number of hydrogen-bond donors (Lipinski definition) is 1. The maximum Gasteiger partial charge on any atom is 0.252 e. The summed E-state index contributed by atoms with van der Waals surface area (Å²) in [6, 6.07) is 1.76. The van der Waals surface area contributed by atoms with Crippen LogP contribution in [0.25, 0.3) is 0 Å². The summed E-state index contributed by atoms with van der Waals surface area (Å²) >= 11 is 1.31. The van der Waals surface area contributed by atoms with Crippen molar-refractivity contribution < 1.29 is 8.42 Å². The average Bonchev–Trinajstić information content (AvgIpc) is 2.81. The van der Waals surface area contributed by atoms with E-state index in [1.54, 1.807) is 10.4 Å². The lowest BCUT2D eigenvalue weighted by Gasteiger charge is -2.30. The molecular weight excluding hydrogens is 280 g/mol. The summed E-state index contributed by atoms with van der Waals surface area (Å²) in [6.45, 7) is 5.79. The van der Waals surface area contributed by atoms with Crippen molar-refractivity contribution in [2.45, 2.75) is 43.9 Å². The van der Waals surface area contributed by atoms with Crippen LogP contribution in [0.2, 0.25) is 0 Å². The minimum atomic E-state index is -3.31. The fourth-order valence-corrected chi connectivity index (χ4v) is 5.60. The molecule has 0 aliphatic carbocycles. The van der Waals surface area contributed by atoms with Gasteiger partial charge in [0.1, 0.15) is 4.21 Å². The van der Waals surface area contributed by atoms with Gasteiger partial charge in [-0.2, -0.15) is 4.31 Å². The molecular formula is C13H22N2O2S2. The van der Waals surface area contributed by atoms with Gasteiger partial charge in [0.05, 0.1) is 0 Å². The Bertz CT molecular complexity index is 529. The third-order valence-electron chi connectivity index (χ3n) is 3.93. The average molecular weight is 302 g/mol. The van der Waals surface area contributed by atoms with Crippen LogP contribution >= 0.6 is 11.3 Å². The van der Waals surface area contributed by atoms with Crippen molar-refractivity contribution in [3.8, 4) is 0 Å². The maximum atomic E-state index is 12.6. The fourth-order valence-electron chi connectivity index (χ4n) is 2.50. The number of hydrogen-bond acceptors (Lipinski definition) is 4. The molecule has 0 atom stereocenters. The lowest BCUT2D eigenvalue weighted by Crippen LogP contribution is -2.38. The van der Waals surface area contributed by atoms with E-state index in [1.807, 2.05) is 6.92 Å². The minimum absolute atomic E-state index is 0.407. The van der Waals surface area contributed by atoms with Crippen LogP contribution < -0.4 is 5.73 Å². The second-order valence-electron chi connectivity index (χ2n) is 5.13. The predicted molar refractivity (Wildman–Crippen MR) is 78.7 cm³/mol. The van der Waals surface area contributed by atoms with Gasteiger partial charge in [-0.3, -0.25) is 0 Å². The van der Waals surface area contributed by atoms with E-state index in [2.05, 4.69) is 6.92 Å². The second kappa shape index (κ2) is 5.91. The summed E-state index contributed by atoms with van der Waals surface area (Å²) < 4.78 is 27.2. The Hall–Kier alpha value is -0.430. The van der Waals surface area contributed by atoms with E-state index in [-0.39, 0.29) is 0 Å². The van der Waals surface area contributed by atoms with Crippen molar-refractivity contribution >= 4 is 21.4 Å². The van der Waals surface area contributed by atoms with Gasteiger partial charge in [0.2, 0.25) is 0 Å². The van der Waals surface area contributed by atoms with Gasteiger partial charge in [-0.1, -0.05) is 13.3 Å². The molecule has 2 N–H and O–H groups in total. The Morgan fingerprint density at radius 2 is 2.05 bits per heavy atom. The zero-order chi connectivity index (χ0) is 14.0. The molecule has 1 aliphatic heterocycles. The number of aryl methyl sites for hydroxylation is 1. The van der Waals surface area contributed by atoms with Crippen LogP contribution in [-0.2, 0) is 16.6 Å². The molecule has 2 heterocycles. The van der Waals surface area contributed by atoms with E-state index in [9.17, 15) is 8.42 Å². The van der Waals surface area contributed by atoms with Gasteiger partial charge in [0.15, 0.2) is 0 Å². The van der Waals surface area contributed by atoms with Crippen LogP contribution in [0.3, 0.4) is 0 Å². The standard InChI is InChI=1S/C13H22N2O2S2/c1-3-11-4-6-15(7-5-11)19(16,17)13-8-10(2)12(9-14)18-13/h8,11H,3-7,9,14H2,1-2H3. The van der Waals surface area contributed by atoms with Crippen LogP contribution in [0.1, 0.15) is 36.6 Å². The van der Waals surface area contributed by atoms with E-state index in [1.165, 1.54) is 11.3 Å². The van der Waals surface area contributed by atoms with Crippen molar-refractivity contribution in [3.05, 3.63) is 16.5 Å². The largest absolute Gasteiger partial charge is 0.326 e. The van der Waals surface area contributed by atoms with Crippen LogP contribution in [0.15, 0.2) is 10.3 Å². The number of thiophene rings is 1. The van der Waals surface area contributed by atoms with Gasteiger partial charge in [-0.05, 0) is 37.3 Å². The molecule has 108 valence electrons. The fraction of sp³-hybridized carbons (Fsp3) is 0.692. The van der Waals surface area contributed by atoms with Gasteiger partial charge in [0.25, 0.3) is 10.0 Å². The first-order valence-corrected chi connectivity index (χ1v) is 9.04. The summed E-state index contributed by atoms with van der Waals surface area (Å²) in [5.41, 5.74) is 6.60. The summed E-state index contributed by atoms with van der Waals surface area (Å²) in [7, 11) is -3.31. The van der Waals surface area contributed by atoms with E-state index in [0.29, 0.717) is 29.8 Å². The van der Waals surface area contributed by atoms with E-state index in [4.69, 9.17) is 5.73 Å². The quantitative estimate of drug-likeness (QED) is 0.928. The Labute approximate surface area is 119 Å². The summed E-state index contributed by atoms with van der Waals surface area (Å²) in [5, 5.41) is 0. The topological polar surface area (TPSA) is 63.4 Å². The van der Waals surface area contributed by atoms with Crippen molar-refractivity contribution in [1.82, 2.24) is 4.31 Å². The maximum absolute atomic E-state index is 12.6. The molecule has 1 aliphatic rings. The molecule has 1 fully saturated rings. The lowest BCUT2D eigenvalue weighted by molar-refractivity contribution is 0.269. The van der Waals surface area contributed by atoms with Crippen molar-refractivity contribution in [2.24, 2.45) is 11.7 Å². The number of nitrogens with zero attached hydrogens (tertiary/aromatic N) is 1. The zero-order valence-corrected chi connectivity index (χ0v) is 13.2. The first-order chi connectivity index (χ1) is 8.98. The summed E-state index contributed by atoms with van der Waals surface area (Å²) in [5.74, 6) is 0.677. The molecule has 6 heteroatoms. The number of nitrogens with two attached hydrogens (primary N) is 1. The molecule has 2 rings (SSSR count). The summed E-state index contributed by atoms with van der Waals surface area (Å²) in [6.07, 6.45) is 3.09. The van der Waals surface area contributed by atoms with E-state index < -0.39 is 10.0 Å².